The summed E-state index contributed by atoms with van der Waals surface area (Å²) in [4.78, 5) is 27.2. The summed E-state index contributed by atoms with van der Waals surface area (Å²) < 4.78 is 10.2. The fraction of sp³-hybridized carbons (Fsp3) is 0.235. The maximum Gasteiger partial charge on any atom is 0.312 e. The summed E-state index contributed by atoms with van der Waals surface area (Å²) in [6.07, 6.45) is 7.39. The van der Waals surface area contributed by atoms with Crippen LogP contribution < -0.4 is 0 Å². The number of allylic oxidation sites excluding steroid dienone is 2. The van der Waals surface area contributed by atoms with Gasteiger partial charge in [0.05, 0.1) is 12.8 Å². The number of hydrogen-bond acceptors (Lipinski definition) is 5. The third-order valence-corrected chi connectivity index (χ3v) is 2.85. The maximum atomic E-state index is 11.6. The molecule has 2 rings (SSSR count). The van der Waals surface area contributed by atoms with Gasteiger partial charge >= 0.3 is 11.9 Å². The Morgan fingerprint density at radius 3 is 2.64 bits per heavy atom. The van der Waals surface area contributed by atoms with E-state index in [1.807, 2.05) is 42.5 Å². The number of carbonyl (C=O) groups excluding carboxylic acids is 2. The number of rotatable bonds is 5. The average molecular weight is 299 g/mol. The Kier molecular flexibility index (Phi) is 6.11. The first-order valence-electron chi connectivity index (χ1n) is 7.02. The highest BCUT2D eigenvalue weighted by Crippen LogP contribution is 2.05. The summed E-state index contributed by atoms with van der Waals surface area (Å²) in [6.45, 7) is 0.205. The van der Waals surface area contributed by atoms with E-state index in [4.69, 9.17) is 9.47 Å². The van der Waals surface area contributed by atoms with Crippen molar-refractivity contribution in [3.63, 3.8) is 0 Å². The molecule has 0 aromatic heterocycles. The molecule has 0 spiro atoms. The van der Waals surface area contributed by atoms with Crippen LogP contribution in [-0.4, -0.2) is 17.8 Å². The van der Waals surface area contributed by atoms with Gasteiger partial charge in [0.25, 0.3) is 0 Å². The number of nitrogens with zero attached hydrogens (tertiary/aromatic N) is 1. The monoisotopic (exact) mass is 299 g/mol. The van der Waals surface area contributed by atoms with Gasteiger partial charge in [-0.1, -0.05) is 42.5 Å². The molecule has 1 aliphatic heterocycles. The summed E-state index contributed by atoms with van der Waals surface area (Å²) in [7, 11) is 0. The molecule has 22 heavy (non-hydrogen) atoms. The van der Waals surface area contributed by atoms with Crippen molar-refractivity contribution in [1.82, 2.24) is 0 Å². The molecule has 1 aliphatic rings. The minimum atomic E-state index is -0.487. The van der Waals surface area contributed by atoms with Gasteiger partial charge in [0.15, 0.2) is 0 Å². The van der Waals surface area contributed by atoms with Crippen LogP contribution >= 0.6 is 0 Å². The molecular weight excluding hydrogens is 282 g/mol. The van der Waals surface area contributed by atoms with Gasteiger partial charge in [-0.25, -0.2) is 4.99 Å². The molecule has 5 nitrogen and oxygen atoms in total. The van der Waals surface area contributed by atoms with E-state index in [1.54, 1.807) is 12.3 Å². The van der Waals surface area contributed by atoms with Gasteiger partial charge < -0.3 is 9.47 Å². The standard InChI is InChI=1S/C17H17NO4/c19-16(21-13-14-7-3-1-4-8-14)10-11-17(20)22-15-9-5-2-6-12-18-15/h1-8,12H,9-11,13H2. The smallest absolute Gasteiger partial charge is 0.312 e. The van der Waals surface area contributed by atoms with E-state index in [-0.39, 0.29) is 19.4 Å². The lowest BCUT2D eigenvalue weighted by Crippen LogP contribution is -2.14. The number of esters is 2. The van der Waals surface area contributed by atoms with E-state index in [2.05, 4.69) is 4.99 Å². The molecule has 0 radical (unpaired) electrons. The molecule has 0 bridgehead atoms. The molecule has 0 saturated carbocycles. The Bertz CT molecular complexity index is 602. The Labute approximate surface area is 129 Å². The second kappa shape index (κ2) is 8.56. The number of benzene rings is 1. The summed E-state index contributed by atoms with van der Waals surface area (Å²) in [5.41, 5.74) is 0.907. The Morgan fingerprint density at radius 2 is 1.82 bits per heavy atom. The number of carbonyl (C=O) groups is 2. The molecule has 0 fully saturated rings. The van der Waals surface area contributed by atoms with Crippen LogP contribution in [0.2, 0.25) is 0 Å². The van der Waals surface area contributed by atoms with Crippen LogP contribution in [-0.2, 0) is 25.7 Å². The molecule has 1 heterocycles. The zero-order valence-electron chi connectivity index (χ0n) is 12.1. The Hall–Kier alpha value is -2.69. The first kappa shape index (κ1) is 15.7. The van der Waals surface area contributed by atoms with Crippen molar-refractivity contribution >= 4 is 17.8 Å². The molecule has 0 saturated heterocycles. The second-order valence-corrected chi connectivity index (χ2v) is 4.62. The van der Waals surface area contributed by atoms with Gasteiger partial charge in [0.1, 0.15) is 6.61 Å². The van der Waals surface area contributed by atoms with E-state index < -0.39 is 11.9 Å². The molecule has 0 atom stereocenters. The molecule has 0 unspecified atom stereocenters. The van der Waals surface area contributed by atoms with E-state index in [0.717, 1.165) is 5.56 Å². The second-order valence-electron chi connectivity index (χ2n) is 4.62. The van der Waals surface area contributed by atoms with Crippen LogP contribution in [0, 0.1) is 0 Å². The quantitative estimate of drug-likeness (QED) is 0.784. The van der Waals surface area contributed by atoms with Gasteiger partial charge in [-0.3, -0.25) is 9.59 Å². The van der Waals surface area contributed by atoms with Crippen LogP contribution in [0.5, 0.6) is 0 Å². The van der Waals surface area contributed by atoms with Gasteiger partial charge in [-0.2, -0.15) is 0 Å². The third kappa shape index (κ3) is 5.75. The zero-order valence-corrected chi connectivity index (χ0v) is 12.1. The van der Waals surface area contributed by atoms with Crippen molar-refractivity contribution in [2.24, 2.45) is 4.99 Å². The molecule has 5 heteroatoms. The van der Waals surface area contributed by atoms with E-state index in [1.165, 1.54) is 0 Å². The topological polar surface area (TPSA) is 65.0 Å². The summed E-state index contributed by atoms with van der Waals surface area (Å²) in [6, 6.07) is 9.37. The highest BCUT2D eigenvalue weighted by atomic mass is 16.5. The number of ether oxygens (including phenoxy) is 2. The largest absolute Gasteiger partial charge is 0.461 e. The van der Waals surface area contributed by atoms with Crippen molar-refractivity contribution in [3.05, 3.63) is 60.3 Å². The lowest BCUT2D eigenvalue weighted by molar-refractivity contribution is -0.148. The highest BCUT2D eigenvalue weighted by molar-refractivity contribution is 5.91. The lowest BCUT2D eigenvalue weighted by Gasteiger charge is -2.06. The molecular formula is C17H17NO4. The molecule has 1 aromatic carbocycles. The molecule has 0 amide bonds. The van der Waals surface area contributed by atoms with Gasteiger partial charge in [-0.05, 0) is 11.6 Å². The van der Waals surface area contributed by atoms with Crippen LogP contribution in [0.3, 0.4) is 0 Å². The van der Waals surface area contributed by atoms with Crippen molar-refractivity contribution in [2.45, 2.75) is 25.9 Å². The van der Waals surface area contributed by atoms with Gasteiger partial charge in [0, 0.05) is 12.6 Å². The Morgan fingerprint density at radius 1 is 1.05 bits per heavy atom. The summed E-state index contributed by atoms with van der Waals surface area (Å²) >= 11 is 0. The normalized spacial score (nSPS) is 13.2. The number of hydrogen-bond donors (Lipinski definition) is 0. The zero-order chi connectivity index (χ0) is 15.6. The predicted octanol–water partition coefficient (Wildman–Crippen LogP) is 2.93. The third-order valence-electron chi connectivity index (χ3n) is 2.85. The fourth-order valence-electron chi connectivity index (χ4n) is 1.74. The SMILES string of the molecule is O=C(CCC(=O)OC1=NC=CC=CC1)OCc1ccccc1. The van der Waals surface area contributed by atoms with E-state index in [9.17, 15) is 9.59 Å². The van der Waals surface area contributed by atoms with Crippen molar-refractivity contribution in [2.75, 3.05) is 0 Å². The first-order chi connectivity index (χ1) is 10.7. The minimum Gasteiger partial charge on any atom is -0.461 e. The van der Waals surface area contributed by atoms with E-state index >= 15 is 0 Å². The molecule has 1 aromatic rings. The van der Waals surface area contributed by atoms with Crippen molar-refractivity contribution in [3.8, 4) is 0 Å². The summed E-state index contributed by atoms with van der Waals surface area (Å²) in [5.74, 6) is -0.588. The van der Waals surface area contributed by atoms with Crippen LogP contribution in [0.1, 0.15) is 24.8 Å². The molecule has 114 valence electrons. The molecule has 0 aliphatic carbocycles. The van der Waals surface area contributed by atoms with Crippen LogP contribution in [0.15, 0.2) is 59.8 Å². The van der Waals surface area contributed by atoms with E-state index in [0.29, 0.717) is 12.3 Å². The van der Waals surface area contributed by atoms with Gasteiger partial charge in [0.2, 0.25) is 5.90 Å². The fourth-order valence-corrected chi connectivity index (χ4v) is 1.74. The predicted molar refractivity (Wildman–Crippen MR) is 81.9 cm³/mol. The van der Waals surface area contributed by atoms with Crippen molar-refractivity contribution in [1.29, 1.82) is 0 Å². The van der Waals surface area contributed by atoms with Crippen molar-refractivity contribution < 1.29 is 19.1 Å². The van der Waals surface area contributed by atoms with Crippen LogP contribution in [0.25, 0.3) is 0 Å². The lowest BCUT2D eigenvalue weighted by atomic mass is 10.2. The van der Waals surface area contributed by atoms with Gasteiger partial charge in [-0.15, -0.1) is 0 Å². The Balaban J connectivity index is 1.67. The summed E-state index contributed by atoms with van der Waals surface area (Å²) in [5, 5.41) is 0. The minimum absolute atomic E-state index is 0.00930. The maximum absolute atomic E-state index is 11.6. The molecule has 0 N–H and O–H groups in total. The highest BCUT2D eigenvalue weighted by Gasteiger charge is 2.12. The average Bonchev–Trinajstić information content (AvgIpc) is 2.80. The first-order valence-corrected chi connectivity index (χ1v) is 7.02. The number of aliphatic imine (C=N–C) groups is 1. The van der Waals surface area contributed by atoms with Crippen LogP contribution in [0.4, 0.5) is 0 Å².